The second kappa shape index (κ2) is 11.5. The molecule has 0 radical (unpaired) electrons. The molecule has 0 heterocycles. The van der Waals surface area contributed by atoms with E-state index in [1.807, 2.05) is 44.2 Å². The fraction of sp³-hybridized carbons (Fsp3) is 0.231. The van der Waals surface area contributed by atoms with Crippen molar-refractivity contribution in [1.29, 1.82) is 0 Å². The lowest BCUT2D eigenvalue weighted by atomic mass is 10.1. The van der Waals surface area contributed by atoms with Crippen molar-refractivity contribution in [2.75, 3.05) is 13.2 Å². The van der Waals surface area contributed by atoms with Crippen molar-refractivity contribution in [2.45, 2.75) is 20.3 Å². The Bertz CT molecular complexity index is 1060. The van der Waals surface area contributed by atoms with E-state index in [2.05, 4.69) is 15.9 Å². The van der Waals surface area contributed by atoms with Gasteiger partial charge in [-0.05, 0) is 41.8 Å². The van der Waals surface area contributed by atoms with E-state index in [1.165, 1.54) is 0 Å². The highest BCUT2D eigenvalue weighted by molar-refractivity contribution is 9.10. The van der Waals surface area contributed by atoms with E-state index >= 15 is 0 Å². The van der Waals surface area contributed by atoms with E-state index in [9.17, 15) is 9.59 Å². The molecule has 0 N–H and O–H groups in total. The Hall–Kier alpha value is -3.12. The summed E-state index contributed by atoms with van der Waals surface area (Å²) in [5, 5.41) is 0. The predicted octanol–water partition coefficient (Wildman–Crippen LogP) is 6.10. The third-order valence-electron chi connectivity index (χ3n) is 4.51. The van der Waals surface area contributed by atoms with Gasteiger partial charge in [0, 0.05) is 10.9 Å². The van der Waals surface area contributed by atoms with Gasteiger partial charge in [0.2, 0.25) is 0 Å². The van der Waals surface area contributed by atoms with Crippen LogP contribution in [0.1, 0.15) is 40.1 Å². The molecule has 6 heteroatoms. The molecule has 3 rings (SSSR count). The average Bonchev–Trinajstić information content (AvgIpc) is 2.79. The zero-order chi connectivity index (χ0) is 22.9. The lowest BCUT2D eigenvalue weighted by Crippen LogP contribution is -2.15. The van der Waals surface area contributed by atoms with Gasteiger partial charge in [0.05, 0.1) is 13.2 Å². The molecule has 0 aromatic heterocycles. The molecule has 32 heavy (non-hydrogen) atoms. The molecule has 5 nitrogen and oxygen atoms in total. The Balaban J connectivity index is 1.71. The van der Waals surface area contributed by atoms with Crippen molar-refractivity contribution in [3.63, 3.8) is 0 Å². The maximum Gasteiger partial charge on any atom is 0.347 e. The predicted molar refractivity (Wildman–Crippen MR) is 126 cm³/mol. The van der Waals surface area contributed by atoms with Crippen LogP contribution in [0.25, 0.3) is 0 Å². The lowest BCUT2D eigenvalue weighted by molar-refractivity contribution is 0.0503. The molecule has 0 aliphatic rings. The van der Waals surface area contributed by atoms with Crippen LogP contribution in [-0.2, 0) is 11.2 Å². The SMILES string of the molecule is CC(C)COc1ccc(Br)cc1C(=O)Oc1ccccc1C(=O)OCCc1ccccc1. The summed E-state index contributed by atoms with van der Waals surface area (Å²) < 4.78 is 17.5. The monoisotopic (exact) mass is 496 g/mol. The van der Waals surface area contributed by atoms with Gasteiger partial charge in [-0.15, -0.1) is 0 Å². The molecule has 0 saturated carbocycles. The number of rotatable bonds is 9. The molecular formula is C26H25BrO5. The number of carbonyl (C=O) groups is 2. The number of para-hydroxylation sites is 1. The second-order valence-corrected chi connectivity index (χ2v) is 8.52. The quantitative estimate of drug-likeness (QED) is 0.264. The number of carbonyl (C=O) groups excluding carboxylic acids is 2. The van der Waals surface area contributed by atoms with Crippen LogP contribution < -0.4 is 9.47 Å². The van der Waals surface area contributed by atoms with E-state index in [0.717, 1.165) is 10.0 Å². The first-order valence-electron chi connectivity index (χ1n) is 10.4. The Labute approximate surface area is 196 Å². The summed E-state index contributed by atoms with van der Waals surface area (Å²) in [6.07, 6.45) is 0.600. The minimum Gasteiger partial charge on any atom is -0.492 e. The first kappa shape index (κ1) is 23.5. The Morgan fingerprint density at radius 2 is 1.56 bits per heavy atom. The largest absolute Gasteiger partial charge is 0.492 e. The third-order valence-corrected chi connectivity index (χ3v) is 5.00. The van der Waals surface area contributed by atoms with E-state index < -0.39 is 11.9 Å². The second-order valence-electron chi connectivity index (χ2n) is 7.60. The highest BCUT2D eigenvalue weighted by Gasteiger charge is 2.20. The smallest absolute Gasteiger partial charge is 0.347 e. The molecule has 0 spiro atoms. The zero-order valence-electron chi connectivity index (χ0n) is 18.0. The van der Waals surface area contributed by atoms with Crippen LogP contribution in [-0.4, -0.2) is 25.2 Å². The molecule has 166 valence electrons. The van der Waals surface area contributed by atoms with Crippen molar-refractivity contribution in [1.82, 2.24) is 0 Å². The van der Waals surface area contributed by atoms with Gasteiger partial charge in [0.15, 0.2) is 0 Å². The van der Waals surface area contributed by atoms with Crippen molar-refractivity contribution in [3.8, 4) is 11.5 Å². The summed E-state index contributed by atoms with van der Waals surface area (Å²) in [7, 11) is 0. The number of halogens is 1. The lowest BCUT2D eigenvalue weighted by Gasteiger charge is -2.14. The summed E-state index contributed by atoms with van der Waals surface area (Å²) in [6.45, 7) is 4.74. The average molecular weight is 497 g/mol. The summed E-state index contributed by atoms with van der Waals surface area (Å²) in [4.78, 5) is 25.6. The number of hydrogen-bond donors (Lipinski definition) is 0. The van der Waals surface area contributed by atoms with Crippen LogP contribution in [0.3, 0.4) is 0 Å². The van der Waals surface area contributed by atoms with E-state index in [1.54, 1.807) is 42.5 Å². The van der Waals surface area contributed by atoms with Gasteiger partial charge in [-0.25, -0.2) is 9.59 Å². The summed E-state index contributed by atoms with van der Waals surface area (Å²) in [6, 6.07) is 21.4. The Morgan fingerprint density at radius 1 is 0.844 bits per heavy atom. The topological polar surface area (TPSA) is 61.8 Å². The van der Waals surface area contributed by atoms with Gasteiger partial charge >= 0.3 is 11.9 Å². The zero-order valence-corrected chi connectivity index (χ0v) is 19.6. The molecule has 0 saturated heterocycles. The number of hydrogen-bond acceptors (Lipinski definition) is 5. The van der Waals surface area contributed by atoms with Gasteiger partial charge in [0.25, 0.3) is 0 Å². The van der Waals surface area contributed by atoms with E-state index in [0.29, 0.717) is 24.7 Å². The minimum atomic E-state index is -0.616. The Kier molecular flexibility index (Phi) is 8.45. The molecule has 0 amide bonds. The van der Waals surface area contributed by atoms with Gasteiger partial charge in [-0.2, -0.15) is 0 Å². The normalized spacial score (nSPS) is 10.6. The van der Waals surface area contributed by atoms with Crippen molar-refractivity contribution in [2.24, 2.45) is 5.92 Å². The molecule has 0 unspecified atom stereocenters. The van der Waals surface area contributed by atoms with Crippen LogP contribution in [0.5, 0.6) is 11.5 Å². The van der Waals surface area contributed by atoms with Crippen LogP contribution in [0.4, 0.5) is 0 Å². The number of esters is 2. The fourth-order valence-electron chi connectivity index (χ4n) is 2.91. The third kappa shape index (κ3) is 6.69. The minimum absolute atomic E-state index is 0.136. The highest BCUT2D eigenvalue weighted by Crippen LogP contribution is 2.27. The van der Waals surface area contributed by atoms with Crippen LogP contribution in [0.15, 0.2) is 77.3 Å². The van der Waals surface area contributed by atoms with Crippen molar-refractivity contribution in [3.05, 3.63) is 94.0 Å². The van der Waals surface area contributed by atoms with Crippen molar-refractivity contribution < 1.29 is 23.8 Å². The van der Waals surface area contributed by atoms with Gasteiger partial charge in [0.1, 0.15) is 22.6 Å². The fourth-order valence-corrected chi connectivity index (χ4v) is 3.27. The first-order chi connectivity index (χ1) is 15.4. The maximum atomic E-state index is 12.9. The molecule has 3 aromatic carbocycles. The highest BCUT2D eigenvalue weighted by atomic mass is 79.9. The van der Waals surface area contributed by atoms with E-state index in [-0.39, 0.29) is 23.5 Å². The molecule has 3 aromatic rings. The molecule has 0 aliphatic heterocycles. The summed E-state index contributed by atoms with van der Waals surface area (Å²) >= 11 is 3.38. The van der Waals surface area contributed by atoms with Crippen LogP contribution in [0.2, 0.25) is 0 Å². The van der Waals surface area contributed by atoms with E-state index in [4.69, 9.17) is 14.2 Å². The molecular weight excluding hydrogens is 472 g/mol. The van der Waals surface area contributed by atoms with Gasteiger partial charge < -0.3 is 14.2 Å². The van der Waals surface area contributed by atoms with Gasteiger partial charge in [-0.3, -0.25) is 0 Å². The molecule has 0 bridgehead atoms. The standard InChI is InChI=1S/C26H25BrO5/c1-18(2)17-31-23-13-12-20(27)16-22(23)26(29)32-24-11-7-6-10-21(24)25(28)30-15-14-19-8-4-3-5-9-19/h3-13,16,18H,14-15,17H2,1-2H3. The molecule has 0 fully saturated rings. The van der Waals surface area contributed by atoms with Crippen LogP contribution in [0, 0.1) is 5.92 Å². The number of benzene rings is 3. The number of ether oxygens (including phenoxy) is 3. The maximum absolute atomic E-state index is 12.9. The van der Waals surface area contributed by atoms with Crippen molar-refractivity contribution >= 4 is 27.9 Å². The van der Waals surface area contributed by atoms with Gasteiger partial charge in [-0.1, -0.05) is 72.2 Å². The molecule has 0 atom stereocenters. The summed E-state index contributed by atoms with van der Waals surface area (Å²) in [5.74, 6) is -0.301. The van der Waals surface area contributed by atoms with Crippen LogP contribution >= 0.6 is 15.9 Å². The first-order valence-corrected chi connectivity index (χ1v) is 11.2. The Morgan fingerprint density at radius 3 is 2.31 bits per heavy atom. The summed E-state index contributed by atoms with van der Waals surface area (Å²) in [5.41, 5.74) is 1.53. The molecule has 0 aliphatic carbocycles.